The summed E-state index contributed by atoms with van der Waals surface area (Å²) < 4.78 is 25.3. The highest BCUT2D eigenvalue weighted by atomic mass is 16.5. The van der Waals surface area contributed by atoms with E-state index in [-0.39, 0.29) is 11.8 Å². The van der Waals surface area contributed by atoms with Gasteiger partial charge in [-0.15, -0.1) is 0 Å². The molecule has 0 radical (unpaired) electrons. The Morgan fingerprint density at radius 2 is 0.650 bits per heavy atom. The summed E-state index contributed by atoms with van der Waals surface area (Å²) in [4.78, 5) is 17.7. The van der Waals surface area contributed by atoms with Crippen molar-refractivity contribution in [1.29, 1.82) is 0 Å². The van der Waals surface area contributed by atoms with Gasteiger partial charge < -0.3 is 18.9 Å². The van der Waals surface area contributed by atoms with E-state index in [1.807, 2.05) is 97.1 Å². The Morgan fingerprint density at radius 1 is 0.400 bits per heavy atom. The lowest BCUT2D eigenvalue weighted by Crippen LogP contribution is -2.35. The minimum Gasteiger partial charge on any atom is -0.491 e. The number of aliphatic imine (C=N–C) groups is 4. The van der Waals surface area contributed by atoms with Crippen molar-refractivity contribution in [2.24, 2.45) is 31.8 Å². The van der Waals surface area contributed by atoms with Crippen LogP contribution in [0.3, 0.4) is 0 Å². The Morgan fingerprint density at radius 3 is 0.925 bits per heavy atom. The van der Waals surface area contributed by atoms with Crippen molar-refractivity contribution in [2.45, 2.75) is 0 Å². The van der Waals surface area contributed by atoms with Gasteiger partial charge >= 0.3 is 0 Å². The second-order valence-corrected chi connectivity index (χ2v) is 9.28. The fourth-order valence-electron chi connectivity index (χ4n) is 4.38. The van der Waals surface area contributed by atoms with Crippen LogP contribution < -0.4 is 18.9 Å². The van der Waals surface area contributed by atoms with Crippen molar-refractivity contribution >= 4 is 34.8 Å². The number of fused-ring (bicyclic) bond motifs is 5. The van der Waals surface area contributed by atoms with E-state index >= 15 is 0 Å². The molecular formula is C32H26N4O4. The number of para-hydroxylation sites is 8. The van der Waals surface area contributed by atoms with Crippen LogP contribution in [0.4, 0.5) is 22.7 Å². The quantitative estimate of drug-likeness (QED) is 0.236. The average molecular weight is 531 g/mol. The van der Waals surface area contributed by atoms with E-state index in [9.17, 15) is 0 Å². The predicted molar refractivity (Wildman–Crippen MR) is 153 cm³/mol. The van der Waals surface area contributed by atoms with Crippen molar-refractivity contribution in [3.63, 3.8) is 0 Å². The molecule has 0 aliphatic carbocycles. The van der Waals surface area contributed by atoms with Crippen LogP contribution in [0.1, 0.15) is 0 Å². The fourth-order valence-corrected chi connectivity index (χ4v) is 4.38. The van der Waals surface area contributed by atoms with E-state index in [1.165, 1.54) is 0 Å². The smallest absolute Gasteiger partial charge is 0.145 e. The van der Waals surface area contributed by atoms with Gasteiger partial charge in [-0.3, -0.25) is 0 Å². The van der Waals surface area contributed by atoms with Gasteiger partial charge in [0.25, 0.3) is 0 Å². The molecule has 0 unspecified atom stereocenters. The number of hydrogen-bond donors (Lipinski definition) is 0. The van der Waals surface area contributed by atoms with Crippen LogP contribution in [0.5, 0.6) is 23.0 Å². The summed E-state index contributed by atoms with van der Waals surface area (Å²) in [5.74, 6) is 2.26. The van der Waals surface area contributed by atoms with Crippen LogP contribution in [0.25, 0.3) is 0 Å². The number of benzene rings is 4. The molecule has 0 bridgehead atoms. The topological polar surface area (TPSA) is 86.4 Å². The normalized spacial score (nSPS) is 18.2. The molecule has 0 spiro atoms. The van der Waals surface area contributed by atoms with Crippen LogP contribution in [0, 0.1) is 11.8 Å². The zero-order chi connectivity index (χ0) is 27.0. The summed E-state index contributed by atoms with van der Waals surface area (Å²) in [7, 11) is 0. The molecule has 0 atom stereocenters. The van der Waals surface area contributed by atoms with Crippen LogP contribution in [0.15, 0.2) is 117 Å². The molecule has 0 amide bonds. The molecule has 2 aliphatic rings. The lowest BCUT2D eigenvalue weighted by atomic mass is 9.95. The summed E-state index contributed by atoms with van der Waals surface area (Å²) in [6.45, 7) is 1.36. The number of hydrogen-bond acceptors (Lipinski definition) is 8. The Hall–Kier alpha value is -5.16. The molecule has 0 fully saturated rings. The Balaban J connectivity index is 1.41. The maximum Gasteiger partial charge on any atom is 0.145 e. The first-order valence-electron chi connectivity index (χ1n) is 13.0. The predicted octanol–water partition coefficient (Wildman–Crippen LogP) is 7.44. The van der Waals surface area contributed by atoms with Gasteiger partial charge in [0.05, 0.1) is 26.4 Å². The first kappa shape index (κ1) is 25.1. The molecule has 4 aromatic rings. The van der Waals surface area contributed by atoms with Crippen molar-refractivity contribution in [2.75, 3.05) is 26.4 Å². The van der Waals surface area contributed by atoms with E-state index < -0.39 is 0 Å². The molecule has 2 aliphatic heterocycles. The van der Waals surface area contributed by atoms with E-state index in [0.717, 1.165) is 0 Å². The summed E-state index contributed by atoms with van der Waals surface area (Å²) >= 11 is 0. The SMILES string of the molecule is C1=Nc2ccccc2OCC2COc3ccccc3N=C=Nc3ccccc3OCC2COc2ccccc2N=1. The molecule has 6 rings (SSSR count). The molecule has 0 N–H and O–H groups in total. The zero-order valence-corrected chi connectivity index (χ0v) is 21.6. The molecule has 2 heterocycles. The fraction of sp³-hybridized carbons (Fsp3) is 0.188. The van der Waals surface area contributed by atoms with Gasteiger partial charge in [-0.2, -0.15) is 20.0 Å². The van der Waals surface area contributed by atoms with Gasteiger partial charge in [0.1, 0.15) is 57.8 Å². The van der Waals surface area contributed by atoms with Gasteiger partial charge in [0.15, 0.2) is 0 Å². The Kier molecular flexibility index (Phi) is 7.63. The van der Waals surface area contributed by atoms with Crippen LogP contribution >= 0.6 is 0 Å². The minimum atomic E-state index is -0.128. The highest BCUT2D eigenvalue weighted by Crippen LogP contribution is 2.34. The summed E-state index contributed by atoms with van der Waals surface area (Å²) in [6, 6.07) is 35.8. The van der Waals surface area contributed by atoms with Crippen molar-refractivity contribution < 1.29 is 18.9 Å². The lowest BCUT2D eigenvalue weighted by molar-refractivity contribution is 0.0679. The van der Waals surface area contributed by atoms with Crippen LogP contribution in [-0.2, 0) is 0 Å². The zero-order valence-electron chi connectivity index (χ0n) is 21.6. The van der Waals surface area contributed by atoms with Gasteiger partial charge in [0.2, 0.25) is 0 Å². The highest BCUT2D eigenvalue weighted by Gasteiger charge is 2.27. The second-order valence-electron chi connectivity index (χ2n) is 9.28. The molecule has 0 saturated heterocycles. The maximum absolute atomic E-state index is 6.33. The molecular weight excluding hydrogens is 504 g/mol. The monoisotopic (exact) mass is 530 g/mol. The second kappa shape index (κ2) is 12.1. The lowest BCUT2D eigenvalue weighted by Gasteiger charge is -2.28. The van der Waals surface area contributed by atoms with E-state index in [1.54, 1.807) is 0 Å². The summed E-state index contributed by atoms with van der Waals surface area (Å²) in [5.41, 5.74) is 2.53. The van der Waals surface area contributed by atoms with E-state index in [2.05, 4.69) is 32.0 Å². The summed E-state index contributed by atoms with van der Waals surface area (Å²) in [5, 5.41) is 0. The van der Waals surface area contributed by atoms with Gasteiger partial charge in [-0.25, -0.2) is 0 Å². The number of rotatable bonds is 0. The van der Waals surface area contributed by atoms with Gasteiger partial charge in [-0.05, 0) is 48.5 Å². The minimum absolute atomic E-state index is 0.128. The first-order chi connectivity index (χ1) is 19.8. The van der Waals surface area contributed by atoms with Crippen LogP contribution in [0.2, 0.25) is 0 Å². The molecule has 40 heavy (non-hydrogen) atoms. The molecule has 198 valence electrons. The van der Waals surface area contributed by atoms with E-state index in [4.69, 9.17) is 18.9 Å². The third-order valence-electron chi connectivity index (χ3n) is 6.62. The third-order valence-corrected chi connectivity index (χ3v) is 6.62. The molecule has 8 nitrogen and oxygen atoms in total. The first-order valence-corrected chi connectivity index (χ1v) is 13.0. The van der Waals surface area contributed by atoms with Crippen molar-refractivity contribution in [1.82, 2.24) is 0 Å². The molecule has 8 heteroatoms. The van der Waals surface area contributed by atoms with Gasteiger partial charge in [0, 0.05) is 11.8 Å². The molecule has 0 aromatic heterocycles. The van der Waals surface area contributed by atoms with E-state index in [0.29, 0.717) is 72.2 Å². The average Bonchev–Trinajstić information content (AvgIpc) is 3.01. The largest absolute Gasteiger partial charge is 0.491 e. The number of ether oxygens (including phenoxy) is 4. The Bertz CT molecular complexity index is 1390. The third kappa shape index (κ3) is 5.94. The summed E-state index contributed by atoms with van der Waals surface area (Å²) in [6.07, 6.45) is 0. The highest BCUT2D eigenvalue weighted by molar-refractivity contribution is 5.65. The standard InChI is InChI=1S/C32H26N4O4/c1-5-13-29-25(9-1)33-21-34-26-10-2-6-14-30(26)39-19-24-20-40-32-16-8-4-12-28(32)36-22-35-27-11-3-7-15-31(27)38-18-23(24)17-37-29/h1-16,23-24H,17-20H2. The van der Waals surface area contributed by atoms with Crippen LogP contribution in [-0.4, -0.2) is 38.4 Å². The molecule has 4 aromatic carbocycles. The van der Waals surface area contributed by atoms with Gasteiger partial charge in [-0.1, -0.05) is 48.5 Å². The van der Waals surface area contributed by atoms with Crippen molar-refractivity contribution in [3.05, 3.63) is 97.1 Å². The molecule has 0 saturated carbocycles. The maximum atomic E-state index is 6.33. The van der Waals surface area contributed by atoms with Crippen molar-refractivity contribution in [3.8, 4) is 23.0 Å². The number of nitrogens with zero attached hydrogens (tertiary/aromatic N) is 4. The Labute approximate surface area is 232 Å².